The average Bonchev–Trinajstić information content (AvgIpc) is 3.21. The van der Waals surface area contributed by atoms with Gasteiger partial charge in [0.25, 0.3) is 0 Å². The van der Waals surface area contributed by atoms with Crippen LogP contribution in [-0.4, -0.2) is 30.3 Å². The van der Waals surface area contributed by atoms with Crippen LogP contribution in [0, 0.1) is 11.6 Å². The number of halogens is 2. The van der Waals surface area contributed by atoms with Gasteiger partial charge >= 0.3 is 0 Å². The number of fused-ring (bicyclic) bond motifs is 2. The monoisotopic (exact) mass is 491 g/mol. The maximum Gasteiger partial charge on any atom is 0.162 e. The third kappa shape index (κ3) is 5.57. The Labute approximate surface area is 211 Å². The van der Waals surface area contributed by atoms with E-state index < -0.39 is 0 Å². The van der Waals surface area contributed by atoms with E-state index >= 15 is 0 Å². The summed E-state index contributed by atoms with van der Waals surface area (Å²) in [6.45, 7) is 8.87. The molecule has 0 amide bonds. The highest BCUT2D eigenvalue weighted by molar-refractivity contribution is 8.01. The van der Waals surface area contributed by atoms with E-state index in [1.165, 1.54) is 29.3 Å². The van der Waals surface area contributed by atoms with E-state index in [1.54, 1.807) is 24.3 Å². The predicted octanol–water partition coefficient (Wildman–Crippen LogP) is 7.56. The largest absolute Gasteiger partial charge is 0.303 e. The van der Waals surface area contributed by atoms with Crippen LogP contribution in [-0.2, 0) is 4.75 Å². The molecule has 0 aliphatic carbocycles. The van der Waals surface area contributed by atoms with Crippen molar-refractivity contribution in [1.29, 1.82) is 0 Å². The molecule has 5 heteroatoms. The quantitative estimate of drug-likeness (QED) is 0.262. The Balaban J connectivity index is 0.00000141. The molecule has 182 valence electrons. The Bertz CT molecular complexity index is 1160. The molecule has 2 aliphatic rings. The minimum Gasteiger partial charge on any atom is -0.303 e. The standard InChI is InChI=1S/C28H27F2NOS.C2H4/c29-22-12-10-20(11-13-22)26(32)9-4-16-31-17-14-28(15-18-31)25-8-2-1-7-24(25)27(33-28)21-5-3-6-23(30)19-21;1-2/h1-3,5-8,10-13,19,27H,4,9,14-18H2;1-2H2. The summed E-state index contributed by atoms with van der Waals surface area (Å²) in [5, 5.41) is 0.164. The summed E-state index contributed by atoms with van der Waals surface area (Å²) in [5.41, 5.74) is 4.32. The van der Waals surface area contributed by atoms with Gasteiger partial charge in [0.1, 0.15) is 11.6 Å². The van der Waals surface area contributed by atoms with Gasteiger partial charge < -0.3 is 4.90 Å². The molecule has 2 aliphatic heterocycles. The van der Waals surface area contributed by atoms with Gasteiger partial charge in [-0.25, -0.2) is 8.78 Å². The number of hydrogen-bond acceptors (Lipinski definition) is 3. The van der Waals surface area contributed by atoms with Gasteiger partial charge in [-0.15, -0.1) is 24.9 Å². The first-order valence-electron chi connectivity index (χ1n) is 12.1. The number of rotatable bonds is 6. The van der Waals surface area contributed by atoms with Crippen molar-refractivity contribution in [3.05, 3.63) is 120 Å². The zero-order chi connectivity index (χ0) is 24.8. The average molecular weight is 492 g/mol. The zero-order valence-electron chi connectivity index (χ0n) is 19.9. The number of carbonyl (C=O) groups excluding carboxylic acids is 1. The smallest absolute Gasteiger partial charge is 0.162 e. The first-order valence-corrected chi connectivity index (χ1v) is 13.0. The van der Waals surface area contributed by atoms with Gasteiger partial charge in [-0.1, -0.05) is 36.4 Å². The first-order chi connectivity index (χ1) is 17.0. The molecular weight excluding hydrogens is 460 g/mol. The van der Waals surface area contributed by atoms with E-state index in [-0.39, 0.29) is 27.4 Å². The second kappa shape index (κ2) is 11.3. The predicted molar refractivity (Wildman–Crippen MR) is 141 cm³/mol. The van der Waals surface area contributed by atoms with Gasteiger partial charge in [0.15, 0.2) is 5.78 Å². The molecule has 0 radical (unpaired) electrons. The van der Waals surface area contributed by atoms with Crippen LogP contribution < -0.4 is 0 Å². The van der Waals surface area contributed by atoms with Crippen LogP contribution in [0.25, 0.3) is 0 Å². The molecule has 3 aromatic carbocycles. The lowest BCUT2D eigenvalue weighted by Gasteiger charge is -2.39. The molecular formula is C30H31F2NOS. The van der Waals surface area contributed by atoms with Gasteiger partial charge in [0.05, 0.1) is 5.25 Å². The third-order valence-corrected chi connectivity index (χ3v) is 8.78. The van der Waals surface area contributed by atoms with Crippen LogP contribution in [0.5, 0.6) is 0 Å². The van der Waals surface area contributed by atoms with Crippen LogP contribution >= 0.6 is 11.8 Å². The van der Waals surface area contributed by atoms with Crippen LogP contribution in [0.1, 0.15) is 58.0 Å². The Kier molecular flexibility index (Phi) is 8.19. The van der Waals surface area contributed by atoms with Crippen LogP contribution in [0.3, 0.4) is 0 Å². The molecule has 5 rings (SSSR count). The van der Waals surface area contributed by atoms with Gasteiger partial charge in [-0.05, 0) is 92.0 Å². The number of ketones is 1. The number of carbonyl (C=O) groups is 1. The zero-order valence-corrected chi connectivity index (χ0v) is 20.7. The van der Waals surface area contributed by atoms with E-state index in [0.717, 1.165) is 44.5 Å². The van der Waals surface area contributed by atoms with Crippen molar-refractivity contribution in [3.8, 4) is 0 Å². The van der Waals surface area contributed by atoms with Gasteiger partial charge in [0, 0.05) is 16.7 Å². The highest BCUT2D eigenvalue weighted by atomic mass is 32.2. The van der Waals surface area contributed by atoms with Crippen LogP contribution in [0.4, 0.5) is 8.78 Å². The molecule has 2 nitrogen and oxygen atoms in total. The van der Waals surface area contributed by atoms with Crippen molar-refractivity contribution < 1.29 is 13.6 Å². The number of piperidine rings is 1. The molecule has 1 spiro atoms. The first kappa shape index (κ1) is 25.3. The lowest BCUT2D eigenvalue weighted by Crippen LogP contribution is -2.40. The van der Waals surface area contributed by atoms with Crippen molar-refractivity contribution in [2.75, 3.05) is 19.6 Å². The van der Waals surface area contributed by atoms with Crippen LogP contribution in [0.15, 0.2) is 86.0 Å². The lowest BCUT2D eigenvalue weighted by atomic mass is 9.84. The van der Waals surface area contributed by atoms with Crippen molar-refractivity contribution in [3.63, 3.8) is 0 Å². The summed E-state index contributed by atoms with van der Waals surface area (Å²) in [6.07, 6.45) is 3.38. The maximum atomic E-state index is 13.9. The minimum absolute atomic E-state index is 0.0635. The van der Waals surface area contributed by atoms with E-state index in [9.17, 15) is 13.6 Å². The lowest BCUT2D eigenvalue weighted by molar-refractivity contribution is 0.0971. The highest BCUT2D eigenvalue weighted by Crippen LogP contribution is 2.61. The van der Waals surface area contributed by atoms with Gasteiger partial charge in [-0.2, -0.15) is 0 Å². The molecule has 0 saturated carbocycles. The topological polar surface area (TPSA) is 20.3 Å². The molecule has 0 bridgehead atoms. The van der Waals surface area contributed by atoms with Crippen molar-refractivity contribution in [2.45, 2.75) is 35.7 Å². The molecule has 1 atom stereocenters. The van der Waals surface area contributed by atoms with Crippen molar-refractivity contribution in [1.82, 2.24) is 4.90 Å². The summed E-state index contributed by atoms with van der Waals surface area (Å²) >= 11 is 1.98. The number of likely N-dealkylation sites (tertiary alicyclic amines) is 1. The van der Waals surface area contributed by atoms with E-state index in [4.69, 9.17) is 0 Å². The van der Waals surface area contributed by atoms with E-state index in [0.29, 0.717) is 12.0 Å². The molecule has 35 heavy (non-hydrogen) atoms. The van der Waals surface area contributed by atoms with Crippen molar-refractivity contribution in [2.24, 2.45) is 0 Å². The Hall–Kier alpha value is -2.76. The second-order valence-electron chi connectivity index (χ2n) is 9.01. The number of nitrogens with zero attached hydrogens (tertiary/aromatic N) is 1. The number of thioether (sulfide) groups is 1. The summed E-state index contributed by atoms with van der Waals surface area (Å²) in [6, 6.07) is 21.4. The fraction of sp³-hybridized carbons (Fsp3) is 0.300. The molecule has 0 N–H and O–H groups in total. The van der Waals surface area contributed by atoms with E-state index in [2.05, 4.69) is 42.3 Å². The highest BCUT2D eigenvalue weighted by Gasteiger charge is 2.46. The minimum atomic E-state index is -0.320. The molecule has 1 saturated heterocycles. The second-order valence-corrected chi connectivity index (χ2v) is 10.5. The summed E-state index contributed by atoms with van der Waals surface area (Å²) in [4.78, 5) is 14.8. The van der Waals surface area contributed by atoms with Gasteiger partial charge in [0.2, 0.25) is 0 Å². The SMILES string of the molecule is C=C.O=C(CCCN1CCC2(CC1)SC(c1cccc(F)c1)c1ccccc12)c1ccc(F)cc1. The third-order valence-electron chi connectivity index (χ3n) is 6.94. The molecule has 0 aromatic heterocycles. The molecule has 1 fully saturated rings. The number of Topliss-reactive ketones (excluding diaryl/α,β-unsaturated/α-hetero) is 1. The van der Waals surface area contributed by atoms with E-state index in [1.807, 2.05) is 17.8 Å². The van der Waals surface area contributed by atoms with Crippen LogP contribution in [0.2, 0.25) is 0 Å². The van der Waals surface area contributed by atoms with Crippen molar-refractivity contribution >= 4 is 17.5 Å². The Morgan fingerprint density at radius 1 is 0.943 bits per heavy atom. The molecule has 3 aromatic rings. The fourth-order valence-electron chi connectivity index (χ4n) is 5.18. The number of hydrogen-bond donors (Lipinski definition) is 0. The summed E-state index contributed by atoms with van der Waals surface area (Å²) in [7, 11) is 0. The van der Waals surface area contributed by atoms with Gasteiger partial charge in [-0.3, -0.25) is 4.79 Å². The summed E-state index contributed by atoms with van der Waals surface area (Å²) < 4.78 is 27.1. The number of benzene rings is 3. The fourth-order valence-corrected chi connectivity index (χ4v) is 6.98. The Morgan fingerprint density at radius 3 is 2.37 bits per heavy atom. The normalized spacial score (nSPS) is 18.5. The summed E-state index contributed by atoms with van der Waals surface area (Å²) in [5.74, 6) is -0.432. The molecule has 1 unspecified atom stereocenters. The maximum absolute atomic E-state index is 13.9. The molecule has 2 heterocycles. The Morgan fingerprint density at radius 2 is 1.66 bits per heavy atom.